The number of carbonyl (C=O) groups is 1. The fraction of sp³-hybridized carbons (Fsp3) is 0.875. The quantitative estimate of drug-likeness (QED) is 0.509. The number of hydrogen-bond donors (Lipinski definition) is 0. The minimum absolute atomic E-state index is 0.0871. The van der Waals surface area contributed by atoms with Crippen LogP contribution in [0, 0.1) is 5.92 Å². The van der Waals surface area contributed by atoms with E-state index in [-0.39, 0.29) is 12.5 Å². The molecule has 70 valence electrons. The molecule has 0 saturated heterocycles. The van der Waals surface area contributed by atoms with Gasteiger partial charge >= 0.3 is 5.97 Å². The van der Waals surface area contributed by atoms with Crippen molar-refractivity contribution in [3.8, 4) is 0 Å². The number of ether oxygens (including phenoxy) is 1. The first-order valence-electron chi connectivity index (χ1n) is 4.05. The van der Waals surface area contributed by atoms with Crippen molar-refractivity contribution in [3.63, 3.8) is 0 Å². The van der Waals surface area contributed by atoms with Gasteiger partial charge in [-0.2, -0.15) is 0 Å². The van der Waals surface area contributed by atoms with E-state index in [9.17, 15) is 9.18 Å². The summed E-state index contributed by atoms with van der Waals surface area (Å²) in [5, 5.41) is -1.83. The van der Waals surface area contributed by atoms with Crippen molar-refractivity contribution in [2.24, 2.45) is 5.92 Å². The van der Waals surface area contributed by atoms with Gasteiger partial charge in [0.2, 0.25) is 0 Å². The van der Waals surface area contributed by atoms with Gasteiger partial charge in [0.15, 0.2) is 5.13 Å². The highest BCUT2D eigenvalue weighted by Gasteiger charge is 2.60. The lowest BCUT2D eigenvalue weighted by Gasteiger charge is -2.09. The molecule has 0 aromatic heterocycles. The lowest BCUT2D eigenvalue weighted by Crippen LogP contribution is -2.17. The standard InChI is InChI=1S/C8H12ClFO2/c1-3-5(2)12-7(11)6-4-8(6,9)10/h5-6H,3-4H2,1-2H3. The molecule has 0 radical (unpaired) electrons. The first-order chi connectivity index (χ1) is 5.47. The molecule has 0 aliphatic heterocycles. The molecular weight excluding hydrogens is 183 g/mol. The van der Waals surface area contributed by atoms with Gasteiger partial charge in [-0.25, -0.2) is 4.39 Å². The van der Waals surface area contributed by atoms with Crippen molar-refractivity contribution in [3.05, 3.63) is 0 Å². The molecule has 4 heteroatoms. The maximum Gasteiger partial charge on any atom is 0.313 e. The largest absolute Gasteiger partial charge is 0.462 e. The minimum atomic E-state index is -1.83. The lowest BCUT2D eigenvalue weighted by atomic mass is 10.3. The normalized spacial score (nSPS) is 35.8. The molecule has 3 atom stereocenters. The molecule has 0 N–H and O–H groups in total. The Balaban J connectivity index is 2.32. The number of halogens is 2. The van der Waals surface area contributed by atoms with Crippen LogP contribution in [0.25, 0.3) is 0 Å². The molecule has 0 heterocycles. The molecule has 1 aliphatic rings. The summed E-state index contributed by atoms with van der Waals surface area (Å²) in [6.45, 7) is 3.67. The number of rotatable bonds is 3. The molecule has 1 saturated carbocycles. The fourth-order valence-electron chi connectivity index (χ4n) is 0.833. The van der Waals surface area contributed by atoms with Crippen LogP contribution in [0.5, 0.6) is 0 Å². The van der Waals surface area contributed by atoms with E-state index in [1.807, 2.05) is 6.92 Å². The van der Waals surface area contributed by atoms with Gasteiger partial charge in [-0.15, -0.1) is 0 Å². The van der Waals surface area contributed by atoms with Crippen LogP contribution in [0.3, 0.4) is 0 Å². The highest BCUT2D eigenvalue weighted by molar-refractivity contribution is 6.26. The summed E-state index contributed by atoms with van der Waals surface area (Å²) in [7, 11) is 0. The predicted octanol–water partition coefficient (Wildman–Crippen LogP) is 2.25. The number of hydrogen-bond acceptors (Lipinski definition) is 2. The zero-order valence-electron chi connectivity index (χ0n) is 7.14. The third-order valence-corrected chi connectivity index (χ3v) is 2.42. The zero-order valence-corrected chi connectivity index (χ0v) is 7.90. The molecule has 0 aromatic carbocycles. The SMILES string of the molecule is CCC(C)OC(=O)C1CC1(F)Cl. The summed E-state index contributed by atoms with van der Waals surface area (Å²) in [5.74, 6) is -1.25. The Labute approximate surface area is 76.0 Å². The van der Waals surface area contributed by atoms with Gasteiger partial charge in [-0.1, -0.05) is 18.5 Å². The van der Waals surface area contributed by atoms with Gasteiger partial charge in [0.1, 0.15) is 5.92 Å². The molecule has 0 amide bonds. The van der Waals surface area contributed by atoms with Crippen LogP contribution in [0.1, 0.15) is 26.7 Å². The van der Waals surface area contributed by atoms with Crippen LogP contribution in [0.15, 0.2) is 0 Å². The monoisotopic (exact) mass is 194 g/mol. The van der Waals surface area contributed by atoms with Gasteiger partial charge in [-0.05, 0) is 13.3 Å². The summed E-state index contributed by atoms with van der Waals surface area (Å²) >= 11 is 5.26. The smallest absolute Gasteiger partial charge is 0.313 e. The van der Waals surface area contributed by atoms with Crippen LogP contribution >= 0.6 is 11.6 Å². The van der Waals surface area contributed by atoms with Crippen molar-refractivity contribution in [1.29, 1.82) is 0 Å². The molecule has 3 unspecified atom stereocenters. The Morgan fingerprint density at radius 2 is 2.42 bits per heavy atom. The van der Waals surface area contributed by atoms with Gasteiger partial charge < -0.3 is 4.74 Å². The maximum atomic E-state index is 12.7. The first kappa shape index (κ1) is 9.78. The van der Waals surface area contributed by atoms with E-state index in [0.29, 0.717) is 0 Å². The third kappa shape index (κ3) is 2.09. The zero-order chi connectivity index (χ0) is 9.35. The van der Waals surface area contributed by atoms with Crippen molar-refractivity contribution < 1.29 is 13.9 Å². The van der Waals surface area contributed by atoms with E-state index in [1.54, 1.807) is 6.92 Å². The molecule has 1 aliphatic carbocycles. The molecule has 12 heavy (non-hydrogen) atoms. The van der Waals surface area contributed by atoms with E-state index in [2.05, 4.69) is 0 Å². The Hall–Kier alpha value is -0.310. The van der Waals surface area contributed by atoms with E-state index in [0.717, 1.165) is 6.42 Å². The van der Waals surface area contributed by atoms with Crippen molar-refractivity contribution in [1.82, 2.24) is 0 Å². The third-order valence-electron chi connectivity index (χ3n) is 2.00. The van der Waals surface area contributed by atoms with Crippen LogP contribution < -0.4 is 0 Å². The molecule has 0 spiro atoms. The topological polar surface area (TPSA) is 26.3 Å². The maximum absolute atomic E-state index is 12.7. The summed E-state index contributed by atoms with van der Waals surface area (Å²) in [6, 6.07) is 0. The van der Waals surface area contributed by atoms with Crippen molar-refractivity contribution >= 4 is 17.6 Å². The Kier molecular flexibility index (Phi) is 2.61. The van der Waals surface area contributed by atoms with Crippen LogP contribution in [0.2, 0.25) is 0 Å². The average molecular weight is 195 g/mol. The molecule has 1 rings (SSSR count). The second-order valence-electron chi connectivity index (χ2n) is 3.17. The molecule has 1 fully saturated rings. The predicted molar refractivity (Wildman–Crippen MR) is 43.6 cm³/mol. The Morgan fingerprint density at radius 3 is 2.75 bits per heavy atom. The van der Waals surface area contributed by atoms with Gasteiger partial charge in [0, 0.05) is 6.42 Å². The summed E-state index contributed by atoms with van der Waals surface area (Å²) in [4.78, 5) is 11.0. The number of alkyl halides is 2. The summed E-state index contributed by atoms with van der Waals surface area (Å²) < 4.78 is 17.6. The Morgan fingerprint density at radius 1 is 1.92 bits per heavy atom. The fourth-order valence-corrected chi connectivity index (χ4v) is 1.08. The van der Waals surface area contributed by atoms with Crippen molar-refractivity contribution in [2.45, 2.75) is 37.9 Å². The highest BCUT2D eigenvalue weighted by Crippen LogP contribution is 2.51. The Bertz CT molecular complexity index is 193. The minimum Gasteiger partial charge on any atom is -0.462 e. The second-order valence-corrected chi connectivity index (χ2v) is 3.80. The van der Waals surface area contributed by atoms with E-state index >= 15 is 0 Å². The van der Waals surface area contributed by atoms with Gasteiger partial charge in [0.25, 0.3) is 0 Å². The molecule has 2 nitrogen and oxygen atoms in total. The summed E-state index contributed by atoms with van der Waals surface area (Å²) in [6.07, 6.45) is 0.676. The van der Waals surface area contributed by atoms with Crippen LogP contribution in [0.4, 0.5) is 4.39 Å². The molecule has 0 bridgehead atoms. The molecule has 0 aromatic rings. The summed E-state index contributed by atoms with van der Waals surface area (Å²) in [5.41, 5.74) is 0. The number of esters is 1. The van der Waals surface area contributed by atoms with Crippen molar-refractivity contribution in [2.75, 3.05) is 0 Å². The van der Waals surface area contributed by atoms with E-state index in [4.69, 9.17) is 16.3 Å². The van der Waals surface area contributed by atoms with E-state index in [1.165, 1.54) is 0 Å². The van der Waals surface area contributed by atoms with E-state index < -0.39 is 17.0 Å². The van der Waals surface area contributed by atoms with Crippen LogP contribution in [-0.2, 0) is 9.53 Å². The van der Waals surface area contributed by atoms with Gasteiger partial charge in [0.05, 0.1) is 6.10 Å². The highest BCUT2D eigenvalue weighted by atomic mass is 35.5. The number of carbonyl (C=O) groups excluding carboxylic acids is 1. The lowest BCUT2D eigenvalue weighted by molar-refractivity contribution is -0.150. The first-order valence-corrected chi connectivity index (χ1v) is 4.43. The average Bonchev–Trinajstić information content (AvgIpc) is 2.59. The van der Waals surface area contributed by atoms with Crippen LogP contribution in [-0.4, -0.2) is 17.2 Å². The molecular formula is C8H12ClFO2. The van der Waals surface area contributed by atoms with Gasteiger partial charge in [-0.3, -0.25) is 4.79 Å². The second kappa shape index (κ2) is 3.21.